The van der Waals surface area contributed by atoms with Crippen molar-refractivity contribution in [3.8, 4) is 5.75 Å². The fraction of sp³-hybridized carbons (Fsp3) is 0.500. The van der Waals surface area contributed by atoms with E-state index in [1.807, 2.05) is 30.0 Å². The molecule has 0 bridgehead atoms. The molecule has 1 aliphatic heterocycles. The van der Waals surface area contributed by atoms with Gasteiger partial charge in [0, 0.05) is 24.8 Å². The smallest absolute Gasteiger partial charge is 0.227 e. The van der Waals surface area contributed by atoms with E-state index in [1.165, 1.54) is 0 Å². The number of ether oxygens (including phenoxy) is 1. The second-order valence-electron chi connectivity index (χ2n) is 7.59. The molecule has 2 heterocycles. The Hall–Kier alpha value is -1.57. The molecule has 3 rings (SSSR count). The summed E-state index contributed by atoms with van der Waals surface area (Å²) in [6.07, 6.45) is 3.47. The standard InChI is InChI=1S/C20H26N2O3.HI/c1-14-6-7-16-15(12-14)22(10-5-11-24-16)19(23)9-8-18-21-13-17(25-18)20(2,3)4;/h6-7,12-13H,5,8-11H2,1-4H3;1H. The highest BCUT2D eigenvalue weighted by atomic mass is 127. The summed E-state index contributed by atoms with van der Waals surface area (Å²) in [5.41, 5.74) is 1.91. The van der Waals surface area contributed by atoms with Crippen molar-refractivity contribution in [1.29, 1.82) is 0 Å². The highest BCUT2D eigenvalue weighted by Crippen LogP contribution is 2.32. The van der Waals surface area contributed by atoms with E-state index in [-0.39, 0.29) is 35.3 Å². The van der Waals surface area contributed by atoms with Crippen LogP contribution in [0.15, 0.2) is 28.8 Å². The molecule has 1 aliphatic rings. The van der Waals surface area contributed by atoms with Crippen LogP contribution in [0.5, 0.6) is 5.75 Å². The number of amides is 1. The number of fused-ring (bicyclic) bond motifs is 1. The molecular weight excluding hydrogens is 443 g/mol. The number of anilines is 1. The maximum absolute atomic E-state index is 12.8. The Balaban J connectivity index is 0.00000243. The second kappa shape index (κ2) is 8.41. The number of hydrogen-bond donors (Lipinski definition) is 0. The topological polar surface area (TPSA) is 55.6 Å². The third-order valence-corrected chi connectivity index (χ3v) is 4.34. The van der Waals surface area contributed by atoms with E-state index in [0.717, 1.165) is 29.2 Å². The minimum absolute atomic E-state index is 0. The molecule has 6 heteroatoms. The largest absolute Gasteiger partial charge is 0.491 e. The molecule has 1 aromatic carbocycles. The summed E-state index contributed by atoms with van der Waals surface area (Å²) in [7, 11) is 0. The molecule has 26 heavy (non-hydrogen) atoms. The van der Waals surface area contributed by atoms with Gasteiger partial charge in [-0.3, -0.25) is 4.79 Å². The van der Waals surface area contributed by atoms with Crippen molar-refractivity contribution < 1.29 is 13.9 Å². The molecule has 0 atom stereocenters. The van der Waals surface area contributed by atoms with E-state index in [2.05, 4.69) is 25.8 Å². The Morgan fingerprint density at radius 3 is 2.77 bits per heavy atom. The Morgan fingerprint density at radius 1 is 1.31 bits per heavy atom. The molecule has 1 amide bonds. The van der Waals surface area contributed by atoms with Gasteiger partial charge in [-0.15, -0.1) is 24.0 Å². The maximum Gasteiger partial charge on any atom is 0.227 e. The monoisotopic (exact) mass is 470 g/mol. The minimum atomic E-state index is -0.0755. The lowest BCUT2D eigenvalue weighted by Crippen LogP contribution is -2.31. The molecule has 0 fully saturated rings. The summed E-state index contributed by atoms with van der Waals surface area (Å²) in [5, 5.41) is 0. The lowest BCUT2D eigenvalue weighted by molar-refractivity contribution is -0.118. The fourth-order valence-electron chi connectivity index (χ4n) is 2.87. The number of benzene rings is 1. The van der Waals surface area contributed by atoms with Crippen LogP contribution in [0.2, 0.25) is 0 Å². The van der Waals surface area contributed by atoms with E-state index in [4.69, 9.17) is 9.15 Å². The van der Waals surface area contributed by atoms with E-state index >= 15 is 0 Å². The molecule has 0 radical (unpaired) electrons. The zero-order valence-corrected chi connectivity index (χ0v) is 18.2. The summed E-state index contributed by atoms with van der Waals surface area (Å²) in [6.45, 7) is 9.58. The number of oxazole rings is 1. The van der Waals surface area contributed by atoms with Crippen LogP contribution in [0.4, 0.5) is 5.69 Å². The number of carbonyl (C=O) groups excluding carboxylic acids is 1. The van der Waals surface area contributed by atoms with Gasteiger partial charge >= 0.3 is 0 Å². The van der Waals surface area contributed by atoms with Gasteiger partial charge in [-0.1, -0.05) is 26.8 Å². The highest BCUT2D eigenvalue weighted by molar-refractivity contribution is 14.0. The van der Waals surface area contributed by atoms with Crippen LogP contribution in [-0.4, -0.2) is 24.0 Å². The number of nitrogens with zero attached hydrogens (tertiary/aromatic N) is 2. The van der Waals surface area contributed by atoms with Crippen LogP contribution in [0.1, 0.15) is 50.8 Å². The first-order valence-electron chi connectivity index (χ1n) is 8.83. The predicted molar refractivity (Wildman–Crippen MR) is 113 cm³/mol. The van der Waals surface area contributed by atoms with Crippen molar-refractivity contribution >= 4 is 35.6 Å². The molecule has 0 aliphatic carbocycles. The zero-order chi connectivity index (χ0) is 18.0. The molecule has 2 aromatic rings. The second-order valence-corrected chi connectivity index (χ2v) is 7.59. The predicted octanol–water partition coefficient (Wildman–Crippen LogP) is 4.65. The first-order chi connectivity index (χ1) is 11.8. The SMILES string of the molecule is Cc1ccc2c(c1)N(C(=O)CCc1ncc(C(C)(C)C)o1)CCCO2.I. The third kappa shape index (κ3) is 4.78. The van der Waals surface area contributed by atoms with Gasteiger partial charge in [-0.05, 0) is 31.0 Å². The minimum Gasteiger partial charge on any atom is -0.491 e. The van der Waals surface area contributed by atoms with Crippen LogP contribution >= 0.6 is 24.0 Å². The Labute approximate surface area is 172 Å². The van der Waals surface area contributed by atoms with Crippen LogP contribution < -0.4 is 9.64 Å². The highest BCUT2D eigenvalue weighted by Gasteiger charge is 2.23. The van der Waals surface area contributed by atoms with E-state index in [9.17, 15) is 4.79 Å². The van der Waals surface area contributed by atoms with Gasteiger partial charge in [0.25, 0.3) is 0 Å². The number of hydrogen-bond acceptors (Lipinski definition) is 4. The van der Waals surface area contributed by atoms with Gasteiger partial charge in [-0.2, -0.15) is 0 Å². The number of aryl methyl sites for hydroxylation is 2. The zero-order valence-electron chi connectivity index (χ0n) is 15.9. The summed E-state index contributed by atoms with van der Waals surface area (Å²) < 4.78 is 11.6. The van der Waals surface area contributed by atoms with Gasteiger partial charge in [0.2, 0.25) is 5.91 Å². The quantitative estimate of drug-likeness (QED) is 0.614. The van der Waals surface area contributed by atoms with E-state index in [1.54, 1.807) is 6.20 Å². The van der Waals surface area contributed by atoms with Gasteiger partial charge in [0.1, 0.15) is 11.5 Å². The summed E-state index contributed by atoms with van der Waals surface area (Å²) in [6, 6.07) is 5.97. The molecule has 0 saturated heterocycles. The molecule has 0 saturated carbocycles. The molecule has 0 unspecified atom stereocenters. The lowest BCUT2D eigenvalue weighted by atomic mass is 9.94. The molecule has 0 N–H and O–H groups in total. The summed E-state index contributed by atoms with van der Waals surface area (Å²) in [5.74, 6) is 2.32. The van der Waals surface area contributed by atoms with Crippen molar-refractivity contribution in [2.75, 3.05) is 18.1 Å². The number of carbonyl (C=O) groups is 1. The van der Waals surface area contributed by atoms with Crippen molar-refractivity contribution in [3.05, 3.63) is 41.6 Å². The Bertz CT molecular complexity index is 765. The summed E-state index contributed by atoms with van der Waals surface area (Å²) in [4.78, 5) is 19.0. The molecule has 142 valence electrons. The first kappa shape index (κ1) is 20.7. The summed E-state index contributed by atoms with van der Waals surface area (Å²) >= 11 is 0. The van der Waals surface area contributed by atoms with Gasteiger partial charge < -0.3 is 14.1 Å². The van der Waals surface area contributed by atoms with Crippen LogP contribution in [0, 0.1) is 6.92 Å². The average molecular weight is 470 g/mol. The molecule has 0 spiro atoms. The Kier molecular flexibility index (Phi) is 6.71. The normalized spacial score (nSPS) is 14.1. The van der Waals surface area contributed by atoms with Crippen molar-refractivity contribution in [2.24, 2.45) is 0 Å². The fourth-order valence-corrected chi connectivity index (χ4v) is 2.87. The molecular formula is C20H27IN2O3. The number of halogens is 1. The van der Waals surface area contributed by atoms with Crippen molar-refractivity contribution in [1.82, 2.24) is 4.98 Å². The van der Waals surface area contributed by atoms with Crippen molar-refractivity contribution in [2.45, 2.75) is 52.4 Å². The van der Waals surface area contributed by atoms with Crippen molar-refractivity contribution in [3.63, 3.8) is 0 Å². The lowest BCUT2D eigenvalue weighted by Gasteiger charge is -2.22. The first-order valence-corrected chi connectivity index (χ1v) is 8.83. The van der Waals surface area contributed by atoms with Gasteiger partial charge in [0.15, 0.2) is 5.89 Å². The molecule has 5 nitrogen and oxygen atoms in total. The van der Waals surface area contributed by atoms with Crippen LogP contribution in [0.25, 0.3) is 0 Å². The number of rotatable bonds is 3. The average Bonchev–Trinajstić information content (AvgIpc) is 2.94. The van der Waals surface area contributed by atoms with E-state index in [0.29, 0.717) is 31.9 Å². The Morgan fingerprint density at radius 2 is 2.08 bits per heavy atom. The van der Waals surface area contributed by atoms with Gasteiger partial charge in [-0.25, -0.2) is 4.98 Å². The van der Waals surface area contributed by atoms with Crippen LogP contribution in [-0.2, 0) is 16.6 Å². The van der Waals surface area contributed by atoms with Crippen LogP contribution in [0.3, 0.4) is 0 Å². The maximum atomic E-state index is 12.8. The number of aromatic nitrogens is 1. The van der Waals surface area contributed by atoms with Gasteiger partial charge in [0.05, 0.1) is 18.5 Å². The third-order valence-electron chi connectivity index (χ3n) is 4.34. The van der Waals surface area contributed by atoms with E-state index < -0.39 is 0 Å². The molecule has 1 aromatic heterocycles.